The summed E-state index contributed by atoms with van der Waals surface area (Å²) in [6, 6.07) is 0. The van der Waals surface area contributed by atoms with Gasteiger partial charge < -0.3 is 0 Å². The van der Waals surface area contributed by atoms with Crippen LogP contribution in [0.2, 0.25) is 0 Å². The highest BCUT2D eigenvalue weighted by atomic mass is 32.2. The first-order chi connectivity index (χ1) is 8.54. The molecule has 0 saturated carbocycles. The molecule has 0 fully saturated rings. The predicted octanol–water partition coefficient (Wildman–Crippen LogP) is 4.40. The SMILES string of the molecule is CSc1c2c(c(C(F)(F)F)c3c1CCC3)CCC2. The van der Waals surface area contributed by atoms with Crippen LogP contribution in [-0.4, -0.2) is 6.26 Å². The van der Waals surface area contributed by atoms with E-state index >= 15 is 0 Å². The van der Waals surface area contributed by atoms with Crippen LogP contribution in [0.1, 0.15) is 40.7 Å². The third-order valence-electron chi connectivity index (χ3n) is 4.07. The molecule has 4 heteroatoms. The summed E-state index contributed by atoms with van der Waals surface area (Å²) in [6.45, 7) is 0. The largest absolute Gasteiger partial charge is 0.416 e. The van der Waals surface area contributed by atoms with Crippen LogP contribution in [0.15, 0.2) is 4.90 Å². The van der Waals surface area contributed by atoms with Gasteiger partial charge in [0.2, 0.25) is 0 Å². The molecule has 98 valence electrons. The number of thioether (sulfide) groups is 1. The van der Waals surface area contributed by atoms with E-state index in [2.05, 4.69) is 0 Å². The fraction of sp³-hybridized carbons (Fsp3) is 0.571. The number of fused-ring (bicyclic) bond motifs is 2. The van der Waals surface area contributed by atoms with Crippen molar-refractivity contribution >= 4 is 11.8 Å². The first-order valence-electron chi connectivity index (χ1n) is 6.34. The molecule has 1 aromatic rings. The molecule has 2 aliphatic rings. The van der Waals surface area contributed by atoms with E-state index in [0.29, 0.717) is 24.0 Å². The third-order valence-corrected chi connectivity index (χ3v) is 4.98. The zero-order chi connectivity index (χ0) is 12.9. The number of hydrogen-bond acceptors (Lipinski definition) is 1. The van der Waals surface area contributed by atoms with Crippen molar-refractivity contribution in [3.63, 3.8) is 0 Å². The number of benzene rings is 1. The number of rotatable bonds is 1. The molecule has 0 atom stereocenters. The monoisotopic (exact) mass is 272 g/mol. The summed E-state index contributed by atoms with van der Waals surface area (Å²) in [5.74, 6) is 0. The first-order valence-corrected chi connectivity index (χ1v) is 7.57. The van der Waals surface area contributed by atoms with Crippen LogP contribution in [0.5, 0.6) is 0 Å². The second kappa shape index (κ2) is 4.19. The minimum Gasteiger partial charge on any atom is -0.166 e. The van der Waals surface area contributed by atoms with E-state index in [4.69, 9.17) is 0 Å². The lowest BCUT2D eigenvalue weighted by Crippen LogP contribution is -2.14. The van der Waals surface area contributed by atoms with Crippen molar-refractivity contribution in [3.8, 4) is 0 Å². The van der Waals surface area contributed by atoms with Crippen molar-refractivity contribution in [2.24, 2.45) is 0 Å². The van der Waals surface area contributed by atoms with Crippen LogP contribution in [0, 0.1) is 0 Å². The van der Waals surface area contributed by atoms with Crippen LogP contribution in [-0.2, 0) is 31.9 Å². The Hall–Kier alpha value is -0.640. The van der Waals surface area contributed by atoms with E-state index in [1.54, 1.807) is 11.8 Å². The Morgan fingerprint density at radius 3 is 1.67 bits per heavy atom. The van der Waals surface area contributed by atoms with Gasteiger partial charge in [0.05, 0.1) is 5.56 Å². The van der Waals surface area contributed by atoms with Gasteiger partial charge in [-0.3, -0.25) is 0 Å². The van der Waals surface area contributed by atoms with E-state index in [9.17, 15) is 13.2 Å². The van der Waals surface area contributed by atoms with Gasteiger partial charge >= 0.3 is 6.18 Å². The highest BCUT2D eigenvalue weighted by molar-refractivity contribution is 7.98. The maximum absolute atomic E-state index is 13.3. The zero-order valence-electron chi connectivity index (χ0n) is 10.3. The minimum atomic E-state index is -4.18. The molecule has 1 aromatic carbocycles. The Kier molecular flexibility index (Phi) is 2.88. The highest BCUT2D eigenvalue weighted by Crippen LogP contribution is 2.47. The van der Waals surface area contributed by atoms with Crippen LogP contribution in [0.3, 0.4) is 0 Å². The Morgan fingerprint density at radius 1 is 0.833 bits per heavy atom. The fourth-order valence-electron chi connectivity index (χ4n) is 3.49. The summed E-state index contributed by atoms with van der Waals surface area (Å²) in [7, 11) is 0. The van der Waals surface area contributed by atoms with Crippen LogP contribution in [0.4, 0.5) is 13.2 Å². The molecule has 0 saturated heterocycles. The average molecular weight is 272 g/mol. The summed E-state index contributed by atoms with van der Waals surface area (Å²) in [6.07, 6.45) is 2.39. The molecule has 3 rings (SSSR count). The molecule has 18 heavy (non-hydrogen) atoms. The zero-order valence-corrected chi connectivity index (χ0v) is 11.1. The van der Waals surface area contributed by atoms with E-state index in [-0.39, 0.29) is 5.56 Å². The molecule has 2 aliphatic carbocycles. The molecular formula is C14H15F3S. The molecular weight excluding hydrogens is 257 g/mol. The number of hydrogen-bond donors (Lipinski definition) is 0. The van der Waals surface area contributed by atoms with E-state index in [0.717, 1.165) is 41.7 Å². The van der Waals surface area contributed by atoms with Gasteiger partial charge in [0, 0.05) is 4.90 Å². The molecule has 0 N–H and O–H groups in total. The molecule has 0 heterocycles. The predicted molar refractivity (Wildman–Crippen MR) is 67.3 cm³/mol. The smallest absolute Gasteiger partial charge is 0.166 e. The van der Waals surface area contributed by atoms with Crippen molar-refractivity contribution in [3.05, 3.63) is 27.8 Å². The molecule has 0 radical (unpaired) electrons. The Balaban J connectivity index is 2.34. The second-order valence-electron chi connectivity index (χ2n) is 5.03. The summed E-state index contributed by atoms with van der Waals surface area (Å²) < 4.78 is 40.0. The summed E-state index contributed by atoms with van der Waals surface area (Å²) in [5, 5.41) is 0. The van der Waals surface area contributed by atoms with Gasteiger partial charge in [0.25, 0.3) is 0 Å². The van der Waals surface area contributed by atoms with Crippen molar-refractivity contribution in [2.45, 2.75) is 49.6 Å². The average Bonchev–Trinajstić information content (AvgIpc) is 2.90. The standard InChI is InChI=1S/C14H15F3S/c1-18-13-10-6-2-4-8(10)12(14(15,16)17)9-5-3-7-11(9)13/h2-7H2,1H3. The summed E-state index contributed by atoms with van der Waals surface area (Å²) in [4.78, 5) is 1.16. The first kappa shape index (κ1) is 12.4. The lowest BCUT2D eigenvalue weighted by molar-refractivity contribution is -0.138. The van der Waals surface area contributed by atoms with Gasteiger partial charge in [0.15, 0.2) is 0 Å². The second-order valence-corrected chi connectivity index (χ2v) is 5.84. The minimum absolute atomic E-state index is 0.278. The van der Waals surface area contributed by atoms with Crippen molar-refractivity contribution in [1.82, 2.24) is 0 Å². The van der Waals surface area contributed by atoms with E-state index in [1.807, 2.05) is 6.26 Å². The highest BCUT2D eigenvalue weighted by Gasteiger charge is 2.41. The lowest BCUT2D eigenvalue weighted by Gasteiger charge is -2.20. The number of halogens is 3. The maximum atomic E-state index is 13.3. The van der Waals surface area contributed by atoms with Crippen LogP contribution < -0.4 is 0 Å². The van der Waals surface area contributed by atoms with E-state index < -0.39 is 6.18 Å². The van der Waals surface area contributed by atoms with Gasteiger partial charge in [-0.05, 0) is 67.0 Å². The lowest BCUT2D eigenvalue weighted by atomic mass is 9.93. The van der Waals surface area contributed by atoms with Gasteiger partial charge in [-0.2, -0.15) is 13.2 Å². The molecule has 0 amide bonds. The van der Waals surface area contributed by atoms with E-state index in [1.165, 1.54) is 0 Å². The molecule has 0 nitrogen and oxygen atoms in total. The molecule has 0 unspecified atom stereocenters. The van der Waals surface area contributed by atoms with Gasteiger partial charge in [0.1, 0.15) is 0 Å². The normalized spacial score (nSPS) is 18.0. The van der Waals surface area contributed by atoms with Gasteiger partial charge in [-0.15, -0.1) is 11.8 Å². The van der Waals surface area contributed by atoms with Gasteiger partial charge in [-0.25, -0.2) is 0 Å². The molecule has 0 spiro atoms. The summed E-state index contributed by atoms with van der Waals surface area (Å²) in [5.41, 5.74) is 2.92. The van der Waals surface area contributed by atoms with Crippen molar-refractivity contribution < 1.29 is 13.2 Å². The topological polar surface area (TPSA) is 0 Å². The number of alkyl halides is 3. The molecule has 0 bridgehead atoms. The summed E-state index contributed by atoms with van der Waals surface area (Å²) >= 11 is 1.63. The molecule has 0 aliphatic heterocycles. The van der Waals surface area contributed by atoms with Gasteiger partial charge in [-0.1, -0.05) is 0 Å². The van der Waals surface area contributed by atoms with Crippen molar-refractivity contribution in [2.75, 3.05) is 6.26 Å². The molecule has 0 aromatic heterocycles. The fourth-order valence-corrected chi connectivity index (χ4v) is 4.44. The Morgan fingerprint density at radius 2 is 1.28 bits per heavy atom. The van der Waals surface area contributed by atoms with Crippen LogP contribution in [0.25, 0.3) is 0 Å². The Labute approximate surface area is 109 Å². The third kappa shape index (κ3) is 1.68. The quantitative estimate of drug-likeness (QED) is 0.683. The van der Waals surface area contributed by atoms with Crippen molar-refractivity contribution in [1.29, 1.82) is 0 Å². The Bertz CT molecular complexity index is 468. The van der Waals surface area contributed by atoms with Crippen LogP contribution >= 0.6 is 11.8 Å². The maximum Gasteiger partial charge on any atom is 0.416 e.